The van der Waals surface area contributed by atoms with Gasteiger partial charge in [-0.2, -0.15) is 5.10 Å². The molecular weight excluding hydrogens is 342 g/mol. The van der Waals surface area contributed by atoms with Crippen LogP contribution < -0.4 is 11.1 Å². The number of nitrogens with two attached hydrogens (primary N) is 1. The largest absolute Gasteiger partial charge is 0.364 e. The molecule has 4 rings (SSSR count). The molecule has 2 heterocycles. The molecule has 27 heavy (non-hydrogen) atoms. The molecule has 1 aliphatic rings. The van der Waals surface area contributed by atoms with E-state index in [1.165, 1.54) is 12.8 Å². The molecule has 0 aliphatic carbocycles. The number of aromatic amines is 1. The summed E-state index contributed by atoms with van der Waals surface area (Å²) in [7, 11) is 0. The number of nitrogens with zero attached hydrogens (tertiary/aromatic N) is 2. The van der Waals surface area contributed by atoms with E-state index in [4.69, 9.17) is 5.73 Å². The third-order valence-electron chi connectivity index (χ3n) is 4.85. The van der Waals surface area contributed by atoms with Gasteiger partial charge < -0.3 is 11.1 Å². The average Bonchev–Trinajstić information content (AvgIpc) is 3.31. The summed E-state index contributed by atoms with van der Waals surface area (Å²) in [5, 5.41) is 10.1. The van der Waals surface area contributed by atoms with E-state index in [9.17, 15) is 9.59 Å². The van der Waals surface area contributed by atoms with E-state index in [1.807, 2.05) is 18.2 Å². The van der Waals surface area contributed by atoms with E-state index in [0.29, 0.717) is 22.2 Å². The zero-order chi connectivity index (χ0) is 18.8. The van der Waals surface area contributed by atoms with Crippen molar-refractivity contribution in [3.05, 3.63) is 59.3 Å². The molecule has 1 aliphatic heterocycles. The van der Waals surface area contributed by atoms with E-state index in [-0.39, 0.29) is 11.6 Å². The molecule has 1 saturated heterocycles. The van der Waals surface area contributed by atoms with Crippen molar-refractivity contribution in [1.29, 1.82) is 0 Å². The Bertz CT molecular complexity index is 1000. The normalized spacial score (nSPS) is 14.5. The molecule has 0 unspecified atom stereocenters. The van der Waals surface area contributed by atoms with Gasteiger partial charge in [0.15, 0.2) is 5.69 Å². The molecular formula is C20H21N5O2. The number of nitrogens with one attached hydrogen (secondary N) is 2. The highest BCUT2D eigenvalue weighted by Gasteiger charge is 2.14. The lowest BCUT2D eigenvalue weighted by molar-refractivity contribution is 0.0995. The van der Waals surface area contributed by atoms with Crippen LogP contribution in [0, 0.1) is 0 Å². The van der Waals surface area contributed by atoms with Gasteiger partial charge >= 0.3 is 0 Å². The van der Waals surface area contributed by atoms with Crippen molar-refractivity contribution in [3.63, 3.8) is 0 Å². The smallest absolute Gasteiger partial charge is 0.269 e. The number of hydrogen-bond donors (Lipinski definition) is 3. The van der Waals surface area contributed by atoms with Gasteiger partial charge in [0.05, 0.1) is 5.52 Å². The summed E-state index contributed by atoms with van der Waals surface area (Å²) >= 11 is 0. The first kappa shape index (κ1) is 17.2. The third kappa shape index (κ3) is 3.68. The maximum atomic E-state index is 12.7. The van der Waals surface area contributed by atoms with Crippen molar-refractivity contribution in [3.8, 4) is 0 Å². The maximum absolute atomic E-state index is 12.7. The lowest BCUT2D eigenvalue weighted by Crippen LogP contribution is -2.19. The number of benzene rings is 2. The number of H-pyrrole nitrogens is 1. The predicted octanol–water partition coefficient (Wildman–Crippen LogP) is 2.51. The molecule has 0 bridgehead atoms. The van der Waals surface area contributed by atoms with Crippen molar-refractivity contribution in [1.82, 2.24) is 15.1 Å². The van der Waals surface area contributed by atoms with Crippen LogP contribution in [0.5, 0.6) is 0 Å². The van der Waals surface area contributed by atoms with Crippen LogP contribution >= 0.6 is 0 Å². The van der Waals surface area contributed by atoms with Gasteiger partial charge in [-0.1, -0.05) is 12.1 Å². The highest BCUT2D eigenvalue weighted by Crippen LogP contribution is 2.21. The molecule has 2 amide bonds. The third-order valence-corrected chi connectivity index (χ3v) is 4.85. The quantitative estimate of drug-likeness (QED) is 0.648. The van der Waals surface area contributed by atoms with Gasteiger partial charge in [0.1, 0.15) is 0 Å². The van der Waals surface area contributed by atoms with Gasteiger partial charge in [0, 0.05) is 23.2 Å². The molecule has 2 aromatic carbocycles. The van der Waals surface area contributed by atoms with Crippen LogP contribution in [0.3, 0.4) is 0 Å². The highest BCUT2D eigenvalue weighted by atomic mass is 16.2. The van der Waals surface area contributed by atoms with Crippen LogP contribution in [-0.4, -0.2) is 40.0 Å². The minimum atomic E-state index is -0.612. The Labute approximate surface area is 156 Å². The Morgan fingerprint density at radius 2 is 1.96 bits per heavy atom. The van der Waals surface area contributed by atoms with Crippen molar-refractivity contribution in [2.24, 2.45) is 5.73 Å². The van der Waals surface area contributed by atoms with Crippen molar-refractivity contribution in [2.75, 3.05) is 18.4 Å². The second-order valence-electron chi connectivity index (χ2n) is 6.83. The Morgan fingerprint density at radius 3 is 2.74 bits per heavy atom. The molecule has 7 nitrogen and oxygen atoms in total. The highest BCUT2D eigenvalue weighted by molar-refractivity contribution is 6.08. The Kier molecular flexibility index (Phi) is 4.60. The minimum absolute atomic E-state index is 0.161. The zero-order valence-electron chi connectivity index (χ0n) is 14.9. The summed E-state index contributed by atoms with van der Waals surface area (Å²) in [6.45, 7) is 3.09. The fraction of sp³-hybridized carbons (Fsp3) is 0.250. The van der Waals surface area contributed by atoms with Gasteiger partial charge in [0.2, 0.25) is 0 Å². The molecule has 3 aromatic rings. The van der Waals surface area contributed by atoms with Crippen LogP contribution in [0.25, 0.3) is 10.9 Å². The SMILES string of the molecule is NC(=O)c1n[nH]c2ccc(NC(=O)c3cccc(CN4CCCC4)c3)cc12. The number of likely N-dealkylation sites (tertiary alicyclic amines) is 1. The number of primary amides is 1. The summed E-state index contributed by atoms with van der Waals surface area (Å²) in [5.74, 6) is -0.805. The zero-order valence-corrected chi connectivity index (χ0v) is 14.9. The van der Waals surface area contributed by atoms with Crippen LogP contribution in [0.4, 0.5) is 5.69 Å². The first-order valence-corrected chi connectivity index (χ1v) is 9.01. The monoisotopic (exact) mass is 363 g/mol. The maximum Gasteiger partial charge on any atom is 0.269 e. The molecule has 4 N–H and O–H groups in total. The Hall–Kier alpha value is -3.19. The summed E-state index contributed by atoms with van der Waals surface area (Å²) in [6, 6.07) is 12.9. The molecule has 0 atom stereocenters. The fourth-order valence-electron chi connectivity index (χ4n) is 3.49. The number of fused-ring (bicyclic) bond motifs is 1. The van der Waals surface area contributed by atoms with Gasteiger partial charge in [0.25, 0.3) is 11.8 Å². The summed E-state index contributed by atoms with van der Waals surface area (Å²) < 4.78 is 0. The van der Waals surface area contributed by atoms with E-state index in [2.05, 4.69) is 20.4 Å². The number of carbonyl (C=O) groups excluding carboxylic acids is 2. The second kappa shape index (κ2) is 7.20. The first-order chi connectivity index (χ1) is 13.1. The van der Waals surface area contributed by atoms with Crippen molar-refractivity contribution < 1.29 is 9.59 Å². The van der Waals surface area contributed by atoms with Gasteiger partial charge in [-0.05, 0) is 61.8 Å². The molecule has 1 aromatic heterocycles. The van der Waals surface area contributed by atoms with Crippen LogP contribution in [0.1, 0.15) is 39.3 Å². The van der Waals surface area contributed by atoms with Gasteiger partial charge in [-0.3, -0.25) is 19.6 Å². The Balaban J connectivity index is 1.52. The summed E-state index contributed by atoms with van der Waals surface area (Å²) in [6.07, 6.45) is 2.48. The Morgan fingerprint density at radius 1 is 1.15 bits per heavy atom. The number of anilines is 1. The van der Waals surface area contributed by atoms with E-state index in [0.717, 1.165) is 25.2 Å². The molecule has 0 radical (unpaired) electrons. The minimum Gasteiger partial charge on any atom is -0.364 e. The van der Waals surface area contributed by atoms with Crippen LogP contribution in [-0.2, 0) is 6.54 Å². The number of carbonyl (C=O) groups is 2. The molecule has 0 saturated carbocycles. The molecule has 138 valence electrons. The second-order valence-corrected chi connectivity index (χ2v) is 6.83. The predicted molar refractivity (Wildman–Crippen MR) is 104 cm³/mol. The summed E-state index contributed by atoms with van der Waals surface area (Å²) in [5.41, 5.74) is 8.51. The lowest BCUT2D eigenvalue weighted by atomic mass is 10.1. The van der Waals surface area contributed by atoms with Gasteiger partial charge in [-0.15, -0.1) is 0 Å². The molecule has 1 fully saturated rings. The topological polar surface area (TPSA) is 104 Å². The fourth-order valence-corrected chi connectivity index (χ4v) is 3.49. The number of hydrogen-bond acceptors (Lipinski definition) is 4. The van der Waals surface area contributed by atoms with E-state index >= 15 is 0 Å². The number of rotatable bonds is 5. The number of aromatic nitrogens is 2. The standard InChI is InChI=1S/C20H21N5O2/c21-19(26)18-16-11-15(6-7-17(16)23-24-18)22-20(27)14-5-3-4-13(10-14)12-25-8-1-2-9-25/h3-7,10-11H,1-2,8-9,12H2,(H2,21,26)(H,22,27)(H,23,24). The average molecular weight is 363 g/mol. The summed E-state index contributed by atoms with van der Waals surface area (Å²) in [4.78, 5) is 26.5. The lowest BCUT2D eigenvalue weighted by Gasteiger charge is -2.15. The van der Waals surface area contributed by atoms with E-state index in [1.54, 1.807) is 24.3 Å². The molecule has 0 spiro atoms. The van der Waals surface area contributed by atoms with Crippen molar-refractivity contribution in [2.45, 2.75) is 19.4 Å². The van der Waals surface area contributed by atoms with Crippen LogP contribution in [0.15, 0.2) is 42.5 Å². The van der Waals surface area contributed by atoms with E-state index < -0.39 is 5.91 Å². The number of amides is 2. The van der Waals surface area contributed by atoms with Crippen LogP contribution in [0.2, 0.25) is 0 Å². The van der Waals surface area contributed by atoms with Crippen molar-refractivity contribution >= 4 is 28.4 Å². The van der Waals surface area contributed by atoms with Gasteiger partial charge in [-0.25, -0.2) is 0 Å². The molecule has 7 heteroatoms. The first-order valence-electron chi connectivity index (χ1n) is 9.01.